The van der Waals surface area contributed by atoms with Gasteiger partial charge in [0.1, 0.15) is 11.5 Å². The Morgan fingerprint density at radius 3 is 2.50 bits per heavy atom. The number of aromatic nitrogens is 4. The zero-order valence-corrected chi connectivity index (χ0v) is 12.4. The molecule has 0 unspecified atom stereocenters. The maximum absolute atomic E-state index is 12.5. The van der Waals surface area contributed by atoms with Gasteiger partial charge in [0.2, 0.25) is 5.89 Å². The number of H-pyrrole nitrogens is 1. The number of rotatable bonds is 3. The molecule has 24 heavy (non-hydrogen) atoms. The number of hydrogen-bond acceptors (Lipinski definition) is 5. The average Bonchev–Trinajstić information content (AvgIpc) is 2.94. The molecule has 2 heterocycles. The SMILES string of the molecule is Cc1nc(-c2nnc(Cc3ccc(C(F)(F)F)cc3)o2)cc(=O)[nH]1. The van der Waals surface area contributed by atoms with Crippen LogP contribution in [0.15, 0.2) is 39.5 Å². The summed E-state index contributed by atoms with van der Waals surface area (Å²) in [6.45, 7) is 1.62. The predicted molar refractivity (Wildman–Crippen MR) is 77.1 cm³/mol. The van der Waals surface area contributed by atoms with Crippen molar-refractivity contribution in [2.45, 2.75) is 19.5 Å². The Bertz CT molecular complexity index is 913. The van der Waals surface area contributed by atoms with E-state index in [9.17, 15) is 18.0 Å². The molecule has 124 valence electrons. The minimum Gasteiger partial charge on any atom is -0.419 e. The van der Waals surface area contributed by atoms with Gasteiger partial charge in [-0.25, -0.2) is 4.98 Å². The van der Waals surface area contributed by atoms with Crippen LogP contribution < -0.4 is 5.56 Å². The molecule has 0 amide bonds. The zero-order valence-electron chi connectivity index (χ0n) is 12.4. The summed E-state index contributed by atoms with van der Waals surface area (Å²) in [6.07, 6.45) is -4.20. The van der Waals surface area contributed by atoms with Gasteiger partial charge in [0.15, 0.2) is 0 Å². The average molecular weight is 336 g/mol. The normalized spacial score (nSPS) is 11.7. The van der Waals surface area contributed by atoms with Crippen molar-refractivity contribution < 1.29 is 17.6 Å². The number of alkyl halides is 3. The van der Waals surface area contributed by atoms with Gasteiger partial charge in [0.05, 0.1) is 12.0 Å². The lowest BCUT2D eigenvalue weighted by Gasteiger charge is -2.06. The minimum atomic E-state index is -4.37. The Labute approximate surface area is 133 Å². The Kier molecular flexibility index (Phi) is 3.92. The molecule has 0 fully saturated rings. The number of nitrogens with zero attached hydrogens (tertiary/aromatic N) is 3. The van der Waals surface area contributed by atoms with Crippen LogP contribution >= 0.6 is 0 Å². The van der Waals surface area contributed by atoms with Crippen molar-refractivity contribution in [2.24, 2.45) is 0 Å². The Hall–Kier alpha value is -2.97. The summed E-state index contributed by atoms with van der Waals surface area (Å²) in [5.41, 5.74) is -0.240. The first kappa shape index (κ1) is 15.9. The molecule has 0 radical (unpaired) electrons. The van der Waals surface area contributed by atoms with Gasteiger partial charge >= 0.3 is 6.18 Å². The first-order chi connectivity index (χ1) is 11.3. The van der Waals surface area contributed by atoms with E-state index in [0.717, 1.165) is 12.1 Å². The van der Waals surface area contributed by atoms with Gasteiger partial charge in [-0.2, -0.15) is 13.2 Å². The second-order valence-corrected chi connectivity index (χ2v) is 5.09. The summed E-state index contributed by atoms with van der Waals surface area (Å²) in [5.74, 6) is 0.690. The van der Waals surface area contributed by atoms with Crippen LogP contribution in [0.3, 0.4) is 0 Å². The molecule has 6 nitrogen and oxygen atoms in total. The summed E-state index contributed by atoms with van der Waals surface area (Å²) < 4.78 is 43.0. The van der Waals surface area contributed by atoms with Crippen LogP contribution in [0.1, 0.15) is 22.8 Å². The lowest BCUT2D eigenvalue weighted by atomic mass is 10.1. The van der Waals surface area contributed by atoms with Crippen molar-refractivity contribution in [3.05, 3.63) is 63.5 Å². The topological polar surface area (TPSA) is 84.7 Å². The summed E-state index contributed by atoms with van der Waals surface area (Å²) >= 11 is 0. The molecule has 9 heteroatoms. The third-order valence-corrected chi connectivity index (χ3v) is 3.18. The highest BCUT2D eigenvalue weighted by atomic mass is 19.4. The van der Waals surface area contributed by atoms with Crippen molar-refractivity contribution in [3.63, 3.8) is 0 Å². The maximum Gasteiger partial charge on any atom is 0.416 e. The summed E-state index contributed by atoms with van der Waals surface area (Å²) in [5, 5.41) is 7.64. The molecule has 3 aromatic rings. The molecule has 2 aromatic heterocycles. The second kappa shape index (κ2) is 5.91. The number of halogens is 3. The molecule has 0 aliphatic heterocycles. The van der Waals surface area contributed by atoms with Gasteiger partial charge in [0, 0.05) is 6.07 Å². The lowest BCUT2D eigenvalue weighted by molar-refractivity contribution is -0.137. The van der Waals surface area contributed by atoms with Gasteiger partial charge in [-0.15, -0.1) is 10.2 Å². The number of benzene rings is 1. The van der Waals surface area contributed by atoms with Crippen LogP contribution in [0, 0.1) is 6.92 Å². The minimum absolute atomic E-state index is 0.0751. The van der Waals surface area contributed by atoms with Gasteiger partial charge < -0.3 is 9.40 Å². The van der Waals surface area contributed by atoms with Gasteiger partial charge in [-0.3, -0.25) is 4.79 Å². The molecule has 0 atom stereocenters. The van der Waals surface area contributed by atoms with Crippen molar-refractivity contribution in [1.82, 2.24) is 20.2 Å². The molecule has 1 aromatic carbocycles. The molecule has 3 rings (SSSR count). The van der Waals surface area contributed by atoms with Gasteiger partial charge in [0.25, 0.3) is 11.4 Å². The van der Waals surface area contributed by atoms with E-state index in [1.54, 1.807) is 6.92 Å². The van der Waals surface area contributed by atoms with Crippen LogP contribution in [-0.4, -0.2) is 20.2 Å². The summed E-state index contributed by atoms with van der Waals surface area (Å²) in [4.78, 5) is 18.0. The fraction of sp³-hybridized carbons (Fsp3) is 0.200. The highest BCUT2D eigenvalue weighted by Gasteiger charge is 2.29. The van der Waals surface area contributed by atoms with E-state index in [1.165, 1.54) is 18.2 Å². The molecule has 0 bridgehead atoms. The van der Waals surface area contributed by atoms with E-state index >= 15 is 0 Å². The van der Waals surface area contributed by atoms with E-state index in [2.05, 4.69) is 20.2 Å². The van der Waals surface area contributed by atoms with E-state index in [0.29, 0.717) is 11.4 Å². The summed E-state index contributed by atoms with van der Waals surface area (Å²) in [6, 6.07) is 5.91. The van der Waals surface area contributed by atoms with Crippen LogP contribution in [0.25, 0.3) is 11.6 Å². The number of aryl methyl sites for hydroxylation is 1. The van der Waals surface area contributed by atoms with Crippen molar-refractivity contribution in [2.75, 3.05) is 0 Å². The quantitative estimate of drug-likeness (QED) is 0.795. The first-order valence-corrected chi connectivity index (χ1v) is 6.88. The standard InChI is InChI=1S/C15H11F3N4O2/c1-8-19-11(7-12(23)20-8)14-22-21-13(24-14)6-9-2-4-10(5-3-9)15(16,17)18/h2-5,7H,6H2,1H3,(H,19,20,23). The number of aromatic amines is 1. The zero-order chi connectivity index (χ0) is 17.3. The van der Waals surface area contributed by atoms with Crippen LogP contribution in [0.5, 0.6) is 0 Å². The first-order valence-electron chi connectivity index (χ1n) is 6.88. The Balaban J connectivity index is 1.80. The van der Waals surface area contributed by atoms with Crippen molar-refractivity contribution >= 4 is 0 Å². The molecular weight excluding hydrogens is 325 g/mol. The van der Waals surface area contributed by atoms with Crippen molar-refractivity contribution in [1.29, 1.82) is 0 Å². The number of nitrogens with one attached hydrogen (secondary N) is 1. The molecular formula is C15H11F3N4O2. The van der Waals surface area contributed by atoms with Crippen LogP contribution in [0.2, 0.25) is 0 Å². The summed E-state index contributed by atoms with van der Waals surface area (Å²) in [7, 11) is 0. The molecule has 0 aliphatic rings. The van der Waals surface area contributed by atoms with E-state index < -0.39 is 11.7 Å². The maximum atomic E-state index is 12.5. The van der Waals surface area contributed by atoms with Gasteiger partial charge in [-0.1, -0.05) is 12.1 Å². The number of hydrogen-bond donors (Lipinski definition) is 1. The third kappa shape index (κ3) is 3.50. The molecule has 1 N–H and O–H groups in total. The predicted octanol–water partition coefficient (Wildman–Crippen LogP) is 2.74. The lowest BCUT2D eigenvalue weighted by Crippen LogP contribution is -2.08. The van der Waals surface area contributed by atoms with E-state index in [1.807, 2.05) is 0 Å². The molecule has 0 saturated heterocycles. The van der Waals surface area contributed by atoms with E-state index in [-0.39, 0.29) is 29.5 Å². The largest absolute Gasteiger partial charge is 0.419 e. The molecule has 0 aliphatic carbocycles. The smallest absolute Gasteiger partial charge is 0.416 e. The molecule has 0 spiro atoms. The monoisotopic (exact) mass is 336 g/mol. The van der Waals surface area contributed by atoms with Gasteiger partial charge in [-0.05, 0) is 24.6 Å². The Morgan fingerprint density at radius 1 is 1.17 bits per heavy atom. The van der Waals surface area contributed by atoms with E-state index in [4.69, 9.17) is 4.42 Å². The fourth-order valence-electron chi connectivity index (χ4n) is 2.10. The Morgan fingerprint density at radius 2 is 1.88 bits per heavy atom. The van der Waals surface area contributed by atoms with Crippen molar-refractivity contribution in [3.8, 4) is 11.6 Å². The highest BCUT2D eigenvalue weighted by molar-refractivity contribution is 5.44. The van der Waals surface area contributed by atoms with Crippen LogP contribution in [0.4, 0.5) is 13.2 Å². The van der Waals surface area contributed by atoms with Crippen LogP contribution in [-0.2, 0) is 12.6 Å². The third-order valence-electron chi connectivity index (χ3n) is 3.18. The second-order valence-electron chi connectivity index (χ2n) is 5.09. The highest BCUT2D eigenvalue weighted by Crippen LogP contribution is 2.29. The molecule has 0 saturated carbocycles. The fourth-order valence-corrected chi connectivity index (χ4v) is 2.10.